The van der Waals surface area contributed by atoms with Gasteiger partial charge in [0.2, 0.25) is 0 Å². The SMILES string of the molecule is Fc1ccc(C(F)(F)F)c([C@@H](CC2CC2)N2CCNCC2)c1. The van der Waals surface area contributed by atoms with Crippen molar-refractivity contribution in [3.05, 3.63) is 35.1 Å². The summed E-state index contributed by atoms with van der Waals surface area (Å²) >= 11 is 0. The summed E-state index contributed by atoms with van der Waals surface area (Å²) in [4.78, 5) is 2.07. The molecule has 2 aliphatic rings. The lowest BCUT2D eigenvalue weighted by molar-refractivity contribution is -0.138. The molecule has 0 bridgehead atoms. The Hall–Kier alpha value is -1.14. The first-order chi connectivity index (χ1) is 10.4. The van der Waals surface area contributed by atoms with Gasteiger partial charge in [0.25, 0.3) is 0 Å². The van der Waals surface area contributed by atoms with Crippen molar-refractivity contribution in [1.82, 2.24) is 10.2 Å². The van der Waals surface area contributed by atoms with E-state index in [1.54, 1.807) is 0 Å². The molecule has 0 spiro atoms. The second kappa shape index (κ2) is 6.16. The van der Waals surface area contributed by atoms with Crippen LogP contribution in [0.25, 0.3) is 0 Å². The van der Waals surface area contributed by atoms with E-state index in [0.29, 0.717) is 25.4 Å². The van der Waals surface area contributed by atoms with Gasteiger partial charge in [0.05, 0.1) is 5.56 Å². The van der Waals surface area contributed by atoms with Gasteiger partial charge < -0.3 is 5.32 Å². The van der Waals surface area contributed by atoms with E-state index >= 15 is 0 Å². The minimum atomic E-state index is -4.45. The molecule has 0 radical (unpaired) electrons. The van der Waals surface area contributed by atoms with Gasteiger partial charge in [-0.3, -0.25) is 4.90 Å². The van der Waals surface area contributed by atoms with E-state index < -0.39 is 17.6 Å². The highest BCUT2D eigenvalue weighted by Crippen LogP contribution is 2.43. The van der Waals surface area contributed by atoms with Gasteiger partial charge in [-0.25, -0.2) is 4.39 Å². The molecule has 1 saturated heterocycles. The topological polar surface area (TPSA) is 15.3 Å². The van der Waals surface area contributed by atoms with Crippen LogP contribution in [-0.4, -0.2) is 31.1 Å². The van der Waals surface area contributed by atoms with E-state index in [2.05, 4.69) is 10.2 Å². The number of alkyl halides is 3. The third kappa shape index (κ3) is 3.60. The summed E-state index contributed by atoms with van der Waals surface area (Å²) in [6, 6.07) is 2.52. The summed E-state index contributed by atoms with van der Waals surface area (Å²) in [6.07, 6.45) is -1.62. The molecule has 6 heteroatoms. The third-order valence-electron chi connectivity index (χ3n) is 4.52. The minimum Gasteiger partial charge on any atom is -0.314 e. The molecule has 1 aromatic carbocycles. The Labute approximate surface area is 127 Å². The molecule has 3 rings (SSSR count). The summed E-state index contributed by atoms with van der Waals surface area (Å²) in [5.41, 5.74) is -0.598. The van der Waals surface area contributed by atoms with Crippen molar-refractivity contribution in [2.45, 2.75) is 31.5 Å². The summed E-state index contributed by atoms with van der Waals surface area (Å²) in [5.74, 6) is -0.122. The first kappa shape index (κ1) is 15.7. The van der Waals surface area contributed by atoms with E-state index in [1.165, 1.54) is 0 Å². The normalized spacial score (nSPS) is 21.8. The van der Waals surface area contributed by atoms with Crippen molar-refractivity contribution < 1.29 is 17.6 Å². The molecule has 0 aromatic heterocycles. The first-order valence-corrected chi connectivity index (χ1v) is 7.76. The molecule has 0 unspecified atom stereocenters. The van der Waals surface area contributed by atoms with Gasteiger partial charge in [-0.05, 0) is 36.1 Å². The van der Waals surface area contributed by atoms with E-state index in [4.69, 9.17) is 0 Å². The first-order valence-electron chi connectivity index (χ1n) is 7.76. The Morgan fingerprint density at radius 1 is 1.18 bits per heavy atom. The van der Waals surface area contributed by atoms with E-state index in [1.807, 2.05) is 0 Å². The average molecular weight is 316 g/mol. The largest absolute Gasteiger partial charge is 0.416 e. The molecule has 1 aliphatic carbocycles. The third-order valence-corrected chi connectivity index (χ3v) is 4.52. The molecule has 122 valence electrons. The maximum absolute atomic E-state index is 13.6. The van der Waals surface area contributed by atoms with E-state index in [0.717, 1.165) is 44.1 Å². The van der Waals surface area contributed by atoms with Crippen LogP contribution in [-0.2, 0) is 6.18 Å². The number of nitrogens with zero attached hydrogens (tertiary/aromatic N) is 1. The zero-order chi connectivity index (χ0) is 15.7. The van der Waals surface area contributed by atoms with Crippen LogP contribution >= 0.6 is 0 Å². The van der Waals surface area contributed by atoms with Crippen LogP contribution in [0.15, 0.2) is 18.2 Å². The van der Waals surface area contributed by atoms with Gasteiger partial charge in [0.1, 0.15) is 5.82 Å². The highest BCUT2D eigenvalue weighted by molar-refractivity contribution is 5.33. The smallest absolute Gasteiger partial charge is 0.314 e. The Kier molecular flexibility index (Phi) is 4.41. The van der Waals surface area contributed by atoms with Crippen molar-refractivity contribution in [3.8, 4) is 0 Å². The van der Waals surface area contributed by atoms with Crippen LogP contribution in [0.4, 0.5) is 17.6 Å². The Morgan fingerprint density at radius 2 is 1.86 bits per heavy atom. The van der Waals surface area contributed by atoms with Crippen LogP contribution in [0.1, 0.15) is 36.4 Å². The number of benzene rings is 1. The van der Waals surface area contributed by atoms with Crippen molar-refractivity contribution in [2.75, 3.05) is 26.2 Å². The number of piperazine rings is 1. The average Bonchev–Trinajstić information content (AvgIpc) is 3.28. The fourth-order valence-electron chi connectivity index (χ4n) is 3.20. The number of hydrogen-bond donors (Lipinski definition) is 1. The summed E-state index contributed by atoms with van der Waals surface area (Å²) in [6.45, 7) is 2.92. The Balaban J connectivity index is 1.96. The molecule has 22 heavy (non-hydrogen) atoms. The fourth-order valence-corrected chi connectivity index (χ4v) is 3.20. The van der Waals surface area contributed by atoms with Crippen LogP contribution < -0.4 is 5.32 Å². The molecule has 1 N–H and O–H groups in total. The van der Waals surface area contributed by atoms with Crippen molar-refractivity contribution in [2.24, 2.45) is 5.92 Å². The number of hydrogen-bond acceptors (Lipinski definition) is 2. The van der Waals surface area contributed by atoms with Crippen LogP contribution in [0, 0.1) is 11.7 Å². The molecule has 1 atom stereocenters. The molecule has 0 amide bonds. The molecule has 1 aromatic rings. The van der Waals surface area contributed by atoms with Gasteiger partial charge in [0, 0.05) is 32.2 Å². The lowest BCUT2D eigenvalue weighted by Crippen LogP contribution is -2.45. The predicted octanol–water partition coefficient (Wildman–Crippen LogP) is 3.59. The quantitative estimate of drug-likeness (QED) is 0.854. The zero-order valence-electron chi connectivity index (χ0n) is 12.3. The molecule has 2 nitrogen and oxygen atoms in total. The standard InChI is InChI=1S/C16H20F4N2/c17-12-3-4-14(16(18,19)20)13(10-12)15(9-11-1-2-11)22-7-5-21-6-8-22/h3-4,10-11,15,21H,1-2,5-9H2/t15-/m1/s1. The van der Waals surface area contributed by atoms with Gasteiger partial charge >= 0.3 is 6.18 Å². The van der Waals surface area contributed by atoms with E-state index in [9.17, 15) is 17.6 Å². The van der Waals surface area contributed by atoms with Gasteiger partial charge in [-0.2, -0.15) is 13.2 Å². The summed E-state index contributed by atoms with van der Waals surface area (Å²) in [7, 11) is 0. The summed E-state index contributed by atoms with van der Waals surface area (Å²) in [5, 5.41) is 3.21. The fraction of sp³-hybridized carbons (Fsp3) is 0.625. The molecule has 1 heterocycles. The lowest BCUT2D eigenvalue weighted by atomic mass is 9.93. The van der Waals surface area contributed by atoms with Crippen LogP contribution in [0.5, 0.6) is 0 Å². The highest BCUT2D eigenvalue weighted by Gasteiger charge is 2.38. The van der Waals surface area contributed by atoms with Gasteiger partial charge in [-0.15, -0.1) is 0 Å². The maximum Gasteiger partial charge on any atom is 0.416 e. The summed E-state index contributed by atoms with van der Waals surface area (Å²) < 4.78 is 53.5. The molecule has 1 saturated carbocycles. The zero-order valence-corrected chi connectivity index (χ0v) is 12.3. The number of rotatable bonds is 4. The number of nitrogens with one attached hydrogen (secondary N) is 1. The van der Waals surface area contributed by atoms with Crippen LogP contribution in [0.2, 0.25) is 0 Å². The lowest BCUT2D eigenvalue weighted by Gasteiger charge is -2.36. The maximum atomic E-state index is 13.6. The monoisotopic (exact) mass is 316 g/mol. The highest BCUT2D eigenvalue weighted by atomic mass is 19.4. The number of halogens is 4. The van der Waals surface area contributed by atoms with Gasteiger partial charge in [0.15, 0.2) is 0 Å². The molecular weight excluding hydrogens is 296 g/mol. The van der Waals surface area contributed by atoms with Crippen molar-refractivity contribution in [1.29, 1.82) is 0 Å². The van der Waals surface area contributed by atoms with Crippen molar-refractivity contribution in [3.63, 3.8) is 0 Å². The molecule has 1 aliphatic heterocycles. The minimum absolute atomic E-state index is 0.0984. The predicted molar refractivity (Wildman–Crippen MR) is 75.9 cm³/mol. The Morgan fingerprint density at radius 3 is 2.45 bits per heavy atom. The van der Waals surface area contributed by atoms with Crippen molar-refractivity contribution >= 4 is 0 Å². The van der Waals surface area contributed by atoms with E-state index in [-0.39, 0.29) is 11.6 Å². The van der Waals surface area contributed by atoms with Crippen LogP contribution in [0.3, 0.4) is 0 Å². The molecular formula is C16H20F4N2. The Bertz CT molecular complexity index is 519. The second-order valence-electron chi connectivity index (χ2n) is 6.21. The molecule has 2 fully saturated rings. The second-order valence-corrected chi connectivity index (χ2v) is 6.21. The van der Waals surface area contributed by atoms with Gasteiger partial charge in [-0.1, -0.05) is 12.8 Å².